The second-order valence-corrected chi connectivity index (χ2v) is 2.97. The van der Waals surface area contributed by atoms with Crippen molar-refractivity contribution in [1.82, 2.24) is 0 Å². The first-order chi connectivity index (χ1) is 7.04. The van der Waals surface area contributed by atoms with Gasteiger partial charge in [0.05, 0.1) is 7.11 Å². The van der Waals surface area contributed by atoms with Crippen molar-refractivity contribution in [2.75, 3.05) is 12.8 Å². The van der Waals surface area contributed by atoms with Crippen LogP contribution in [0, 0.1) is 5.82 Å². The van der Waals surface area contributed by atoms with Crippen LogP contribution in [0.25, 0.3) is 0 Å². The zero-order valence-corrected chi connectivity index (χ0v) is 8.49. The van der Waals surface area contributed by atoms with E-state index >= 15 is 0 Å². The van der Waals surface area contributed by atoms with E-state index in [1.54, 1.807) is 0 Å². The Morgan fingerprint density at radius 3 is 2.73 bits per heavy atom. The molecule has 0 spiro atoms. The van der Waals surface area contributed by atoms with Crippen molar-refractivity contribution in [1.29, 1.82) is 0 Å². The van der Waals surface area contributed by atoms with Gasteiger partial charge in [0, 0.05) is 11.8 Å². The molecule has 0 aliphatic carbocycles. The topological polar surface area (TPSA) is 61.5 Å². The Morgan fingerprint density at radius 1 is 1.53 bits per heavy atom. The molecule has 0 heterocycles. The van der Waals surface area contributed by atoms with E-state index in [4.69, 9.17) is 10.5 Å². The normalized spacial score (nSPS) is 11.9. The van der Waals surface area contributed by atoms with Gasteiger partial charge in [-0.2, -0.15) is 0 Å². The lowest BCUT2D eigenvalue weighted by molar-refractivity contribution is -0.148. The molecule has 1 aromatic rings. The lowest BCUT2D eigenvalue weighted by Crippen LogP contribution is -2.25. The van der Waals surface area contributed by atoms with Gasteiger partial charge in [0.1, 0.15) is 0 Å². The fraction of sp³-hybridized carbons (Fsp3) is 0.300. The molecule has 0 radical (unpaired) electrons. The number of rotatable bonds is 3. The van der Waals surface area contributed by atoms with Crippen molar-refractivity contribution in [2.45, 2.75) is 13.0 Å². The average molecular weight is 213 g/mol. The minimum absolute atomic E-state index is 0.0258. The highest BCUT2D eigenvalue weighted by atomic mass is 19.1. The number of ether oxygens (including phenoxy) is 2. The fourth-order valence-corrected chi connectivity index (χ4v) is 1.02. The van der Waals surface area contributed by atoms with E-state index in [0.29, 0.717) is 5.69 Å². The van der Waals surface area contributed by atoms with Gasteiger partial charge in [-0.05, 0) is 19.1 Å². The van der Waals surface area contributed by atoms with E-state index in [0.717, 1.165) is 6.07 Å². The largest absolute Gasteiger partial charge is 0.476 e. The van der Waals surface area contributed by atoms with Crippen molar-refractivity contribution < 1.29 is 18.7 Å². The number of nitrogens with two attached hydrogens (primary N) is 1. The molecule has 15 heavy (non-hydrogen) atoms. The van der Waals surface area contributed by atoms with E-state index in [-0.39, 0.29) is 5.75 Å². The highest BCUT2D eigenvalue weighted by molar-refractivity contribution is 5.74. The van der Waals surface area contributed by atoms with Crippen LogP contribution in [0.15, 0.2) is 18.2 Å². The van der Waals surface area contributed by atoms with E-state index < -0.39 is 17.9 Å². The summed E-state index contributed by atoms with van der Waals surface area (Å²) in [7, 11) is 1.24. The van der Waals surface area contributed by atoms with Crippen molar-refractivity contribution in [2.24, 2.45) is 0 Å². The smallest absolute Gasteiger partial charge is 0.346 e. The molecule has 5 heteroatoms. The first-order valence-corrected chi connectivity index (χ1v) is 4.34. The maximum Gasteiger partial charge on any atom is 0.346 e. The standard InChI is InChI=1S/C10H12FNO3/c1-6(10(13)14-2)15-9-4-3-7(12)5-8(9)11/h3-6H,12H2,1-2H3. The van der Waals surface area contributed by atoms with Crippen LogP contribution < -0.4 is 10.5 Å². The predicted octanol–water partition coefficient (Wildman–Crippen LogP) is 1.35. The zero-order chi connectivity index (χ0) is 11.4. The molecular weight excluding hydrogens is 201 g/mol. The van der Waals surface area contributed by atoms with Gasteiger partial charge in [0.25, 0.3) is 0 Å². The Morgan fingerprint density at radius 2 is 2.20 bits per heavy atom. The molecular formula is C10H12FNO3. The maximum atomic E-state index is 13.2. The van der Waals surface area contributed by atoms with Gasteiger partial charge >= 0.3 is 5.97 Å². The van der Waals surface area contributed by atoms with Crippen molar-refractivity contribution >= 4 is 11.7 Å². The molecule has 2 N–H and O–H groups in total. The van der Waals surface area contributed by atoms with Crippen molar-refractivity contribution in [3.63, 3.8) is 0 Å². The van der Waals surface area contributed by atoms with Gasteiger partial charge in [-0.1, -0.05) is 0 Å². The third-order valence-electron chi connectivity index (χ3n) is 1.79. The molecule has 0 aliphatic rings. The highest BCUT2D eigenvalue weighted by Gasteiger charge is 2.16. The Bertz CT molecular complexity index is 368. The van der Waals surface area contributed by atoms with E-state index in [1.807, 2.05) is 0 Å². The Kier molecular flexibility index (Phi) is 3.49. The van der Waals surface area contributed by atoms with E-state index in [1.165, 1.54) is 26.2 Å². The van der Waals surface area contributed by atoms with Gasteiger partial charge in [-0.15, -0.1) is 0 Å². The summed E-state index contributed by atoms with van der Waals surface area (Å²) in [6.07, 6.45) is -0.854. The molecule has 4 nitrogen and oxygen atoms in total. The summed E-state index contributed by atoms with van der Waals surface area (Å²) in [4.78, 5) is 11.0. The van der Waals surface area contributed by atoms with Crippen LogP contribution in [-0.4, -0.2) is 19.2 Å². The van der Waals surface area contributed by atoms with Crippen LogP contribution in [0.1, 0.15) is 6.92 Å². The number of halogens is 1. The van der Waals surface area contributed by atoms with Gasteiger partial charge < -0.3 is 15.2 Å². The number of carbonyl (C=O) groups is 1. The predicted molar refractivity (Wildman–Crippen MR) is 52.9 cm³/mol. The molecule has 0 fully saturated rings. The van der Waals surface area contributed by atoms with E-state index in [9.17, 15) is 9.18 Å². The van der Waals surface area contributed by atoms with E-state index in [2.05, 4.69) is 4.74 Å². The molecule has 82 valence electrons. The lowest BCUT2D eigenvalue weighted by Gasteiger charge is -2.12. The van der Waals surface area contributed by atoms with Gasteiger partial charge in [-0.25, -0.2) is 9.18 Å². The molecule has 1 aromatic carbocycles. The first kappa shape index (κ1) is 11.3. The summed E-state index contributed by atoms with van der Waals surface area (Å²) in [5.41, 5.74) is 5.65. The van der Waals surface area contributed by atoms with Crippen LogP contribution in [0.2, 0.25) is 0 Å². The second-order valence-electron chi connectivity index (χ2n) is 2.97. The van der Waals surface area contributed by atoms with Gasteiger partial charge in [0.2, 0.25) is 0 Å². The zero-order valence-electron chi connectivity index (χ0n) is 8.49. The molecule has 0 aliphatic heterocycles. The quantitative estimate of drug-likeness (QED) is 0.608. The minimum atomic E-state index is -0.854. The van der Waals surface area contributed by atoms with Gasteiger partial charge in [-0.3, -0.25) is 0 Å². The second kappa shape index (κ2) is 4.63. The number of anilines is 1. The molecule has 0 aromatic heterocycles. The molecule has 1 unspecified atom stereocenters. The summed E-state index contributed by atoms with van der Waals surface area (Å²) in [6.45, 7) is 1.47. The summed E-state index contributed by atoms with van der Waals surface area (Å²) in [5.74, 6) is -1.20. The van der Waals surface area contributed by atoms with Crippen molar-refractivity contribution in [3.05, 3.63) is 24.0 Å². The number of hydrogen-bond donors (Lipinski definition) is 1. The molecule has 0 bridgehead atoms. The summed E-state index contributed by atoms with van der Waals surface area (Å²) in [6, 6.07) is 3.98. The Labute approximate surface area is 86.8 Å². The third-order valence-corrected chi connectivity index (χ3v) is 1.79. The van der Waals surface area contributed by atoms with Crippen LogP contribution >= 0.6 is 0 Å². The Hall–Kier alpha value is -1.78. The number of esters is 1. The average Bonchev–Trinajstić information content (AvgIpc) is 2.20. The van der Waals surface area contributed by atoms with Crippen molar-refractivity contribution in [3.8, 4) is 5.75 Å². The molecule has 0 saturated heterocycles. The molecule has 0 amide bonds. The van der Waals surface area contributed by atoms with Gasteiger partial charge in [0.15, 0.2) is 17.7 Å². The number of nitrogen functional groups attached to an aromatic ring is 1. The number of carbonyl (C=O) groups excluding carboxylic acids is 1. The number of benzene rings is 1. The highest BCUT2D eigenvalue weighted by Crippen LogP contribution is 2.20. The molecule has 1 rings (SSSR count). The first-order valence-electron chi connectivity index (χ1n) is 4.34. The summed E-state index contributed by atoms with van der Waals surface area (Å²) >= 11 is 0. The SMILES string of the molecule is COC(=O)C(C)Oc1ccc(N)cc1F. The number of hydrogen-bond acceptors (Lipinski definition) is 4. The van der Waals surface area contributed by atoms with Crippen LogP contribution in [0.3, 0.4) is 0 Å². The fourth-order valence-electron chi connectivity index (χ4n) is 1.02. The van der Waals surface area contributed by atoms with Crippen LogP contribution in [-0.2, 0) is 9.53 Å². The molecule has 0 saturated carbocycles. The number of methoxy groups -OCH3 is 1. The minimum Gasteiger partial charge on any atom is -0.476 e. The lowest BCUT2D eigenvalue weighted by atomic mass is 10.3. The molecule has 1 atom stereocenters. The monoisotopic (exact) mass is 213 g/mol. The van der Waals surface area contributed by atoms with Crippen LogP contribution in [0.4, 0.5) is 10.1 Å². The summed E-state index contributed by atoms with van der Waals surface area (Å²) < 4.78 is 22.7. The summed E-state index contributed by atoms with van der Waals surface area (Å²) in [5, 5.41) is 0. The maximum absolute atomic E-state index is 13.2. The Balaban J connectivity index is 2.76. The van der Waals surface area contributed by atoms with Crippen LogP contribution in [0.5, 0.6) is 5.75 Å². The third kappa shape index (κ3) is 2.83.